The standard InChI is InChI=1S/C10H5BrF2N2O3/c1-2(16)3-5(11)7(13)8-4(6(3)12)9(17)15-10(18)14-8/h1H3,(H2,14,15,17,18). The van der Waals surface area contributed by atoms with Gasteiger partial charge in [-0.2, -0.15) is 0 Å². The molecule has 94 valence electrons. The van der Waals surface area contributed by atoms with Crippen LogP contribution in [0.1, 0.15) is 17.3 Å². The molecule has 1 aromatic heterocycles. The molecule has 0 spiro atoms. The summed E-state index contributed by atoms with van der Waals surface area (Å²) in [5, 5.41) is -0.694. The van der Waals surface area contributed by atoms with Crippen LogP contribution >= 0.6 is 15.9 Å². The highest BCUT2D eigenvalue weighted by Gasteiger charge is 2.23. The molecule has 0 fully saturated rings. The predicted octanol–water partition coefficient (Wildman–Crippen LogP) is 1.46. The van der Waals surface area contributed by atoms with Crippen molar-refractivity contribution in [3.05, 3.63) is 42.5 Å². The van der Waals surface area contributed by atoms with Crippen molar-refractivity contribution in [2.45, 2.75) is 6.92 Å². The summed E-state index contributed by atoms with van der Waals surface area (Å²) in [5.41, 5.74) is -3.22. The quantitative estimate of drug-likeness (QED) is 0.617. The van der Waals surface area contributed by atoms with Crippen LogP contribution in [0.4, 0.5) is 8.78 Å². The SMILES string of the molecule is CC(=O)c1c(Br)c(F)c2[nH]c(=O)[nH]c(=O)c2c1F. The summed E-state index contributed by atoms with van der Waals surface area (Å²) in [4.78, 5) is 37.5. The van der Waals surface area contributed by atoms with E-state index < -0.39 is 49.6 Å². The summed E-state index contributed by atoms with van der Waals surface area (Å²) in [6.07, 6.45) is 0. The fourth-order valence-electron chi connectivity index (χ4n) is 1.61. The first kappa shape index (κ1) is 12.6. The van der Waals surface area contributed by atoms with Crippen LogP contribution in [0.2, 0.25) is 0 Å². The molecule has 1 heterocycles. The third-order valence-corrected chi connectivity index (χ3v) is 3.11. The molecule has 0 amide bonds. The third kappa shape index (κ3) is 1.69. The lowest BCUT2D eigenvalue weighted by molar-refractivity contribution is 0.101. The first-order valence-corrected chi connectivity index (χ1v) is 5.47. The van der Waals surface area contributed by atoms with Gasteiger partial charge in [0, 0.05) is 0 Å². The maximum absolute atomic E-state index is 14.0. The van der Waals surface area contributed by atoms with Crippen molar-refractivity contribution < 1.29 is 13.6 Å². The van der Waals surface area contributed by atoms with Crippen molar-refractivity contribution in [3.8, 4) is 0 Å². The fourth-order valence-corrected chi connectivity index (χ4v) is 2.26. The molecule has 0 saturated heterocycles. The Labute approximate surface area is 106 Å². The zero-order valence-corrected chi connectivity index (χ0v) is 10.4. The van der Waals surface area contributed by atoms with Gasteiger partial charge in [-0.05, 0) is 22.9 Å². The van der Waals surface area contributed by atoms with Crippen molar-refractivity contribution >= 4 is 32.6 Å². The second-order valence-corrected chi connectivity index (χ2v) is 4.32. The van der Waals surface area contributed by atoms with Crippen molar-refractivity contribution in [2.24, 2.45) is 0 Å². The molecule has 18 heavy (non-hydrogen) atoms. The van der Waals surface area contributed by atoms with Gasteiger partial charge in [0.25, 0.3) is 5.56 Å². The second-order valence-electron chi connectivity index (χ2n) is 3.53. The monoisotopic (exact) mass is 318 g/mol. The van der Waals surface area contributed by atoms with Crippen LogP contribution in [0, 0.1) is 11.6 Å². The van der Waals surface area contributed by atoms with Gasteiger partial charge >= 0.3 is 5.69 Å². The van der Waals surface area contributed by atoms with E-state index in [1.165, 1.54) is 0 Å². The molecule has 2 rings (SSSR count). The average Bonchev–Trinajstić information content (AvgIpc) is 2.24. The number of benzene rings is 1. The first-order chi connectivity index (χ1) is 8.34. The molecule has 0 aliphatic heterocycles. The van der Waals surface area contributed by atoms with Gasteiger partial charge in [0.15, 0.2) is 11.6 Å². The zero-order chi connectivity index (χ0) is 13.6. The van der Waals surface area contributed by atoms with Gasteiger partial charge in [0.1, 0.15) is 11.2 Å². The lowest BCUT2D eigenvalue weighted by atomic mass is 10.1. The van der Waals surface area contributed by atoms with E-state index in [1.54, 1.807) is 4.98 Å². The Bertz CT molecular complexity index is 794. The zero-order valence-electron chi connectivity index (χ0n) is 8.86. The van der Waals surface area contributed by atoms with E-state index in [0.717, 1.165) is 6.92 Å². The van der Waals surface area contributed by atoms with E-state index in [1.807, 2.05) is 4.98 Å². The van der Waals surface area contributed by atoms with Crippen LogP contribution < -0.4 is 11.2 Å². The molecule has 5 nitrogen and oxygen atoms in total. The maximum atomic E-state index is 14.0. The number of aromatic nitrogens is 2. The lowest BCUT2D eigenvalue weighted by Crippen LogP contribution is -2.24. The third-order valence-electron chi connectivity index (χ3n) is 2.37. The van der Waals surface area contributed by atoms with E-state index >= 15 is 0 Å². The van der Waals surface area contributed by atoms with Crippen molar-refractivity contribution in [1.82, 2.24) is 9.97 Å². The van der Waals surface area contributed by atoms with Crippen LogP contribution in [0.3, 0.4) is 0 Å². The first-order valence-electron chi connectivity index (χ1n) is 4.68. The van der Waals surface area contributed by atoms with Crippen LogP contribution in [0.15, 0.2) is 14.1 Å². The number of carbonyl (C=O) groups is 1. The van der Waals surface area contributed by atoms with Gasteiger partial charge < -0.3 is 4.98 Å². The minimum absolute atomic E-state index is 0.429. The smallest absolute Gasteiger partial charge is 0.304 e. The Morgan fingerprint density at radius 2 is 1.78 bits per heavy atom. The maximum Gasteiger partial charge on any atom is 0.326 e. The van der Waals surface area contributed by atoms with Gasteiger partial charge in [0.2, 0.25) is 0 Å². The minimum atomic E-state index is -1.18. The Balaban J connectivity index is 3.18. The number of carbonyl (C=O) groups excluding carboxylic acids is 1. The normalized spacial score (nSPS) is 10.9. The van der Waals surface area contributed by atoms with Gasteiger partial charge in [-0.15, -0.1) is 0 Å². The molecular formula is C10H5BrF2N2O3. The Morgan fingerprint density at radius 3 is 2.33 bits per heavy atom. The molecular weight excluding hydrogens is 314 g/mol. The fraction of sp³-hybridized carbons (Fsp3) is 0.100. The van der Waals surface area contributed by atoms with Gasteiger partial charge in [-0.25, -0.2) is 13.6 Å². The number of rotatable bonds is 1. The molecule has 0 saturated carbocycles. The Morgan fingerprint density at radius 1 is 1.17 bits per heavy atom. The number of hydrogen-bond acceptors (Lipinski definition) is 3. The van der Waals surface area contributed by atoms with Crippen LogP contribution in [0.25, 0.3) is 10.9 Å². The molecule has 0 unspecified atom stereocenters. The summed E-state index contributed by atoms with van der Waals surface area (Å²) < 4.78 is 27.4. The number of H-pyrrole nitrogens is 2. The molecule has 2 aromatic rings. The molecule has 0 aliphatic carbocycles. The largest absolute Gasteiger partial charge is 0.326 e. The summed E-state index contributed by atoms with van der Waals surface area (Å²) in [6, 6.07) is 0. The number of nitrogens with one attached hydrogen (secondary N) is 2. The minimum Gasteiger partial charge on any atom is -0.304 e. The number of ketones is 1. The van der Waals surface area contributed by atoms with Gasteiger partial charge in [-0.1, -0.05) is 0 Å². The van der Waals surface area contributed by atoms with E-state index in [0.29, 0.717) is 0 Å². The summed E-state index contributed by atoms with van der Waals surface area (Å²) in [5.74, 6) is -2.99. The van der Waals surface area contributed by atoms with Crippen molar-refractivity contribution in [2.75, 3.05) is 0 Å². The van der Waals surface area contributed by atoms with Gasteiger partial charge in [-0.3, -0.25) is 14.6 Å². The van der Waals surface area contributed by atoms with E-state index in [2.05, 4.69) is 15.9 Å². The molecule has 1 aromatic carbocycles. The lowest BCUT2D eigenvalue weighted by Gasteiger charge is -2.07. The van der Waals surface area contributed by atoms with Crippen molar-refractivity contribution in [3.63, 3.8) is 0 Å². The highest BCUT2D eigenvalue weighted by Crippen LogP contribution is 2.29. The highest BCUT2D eigenvalue weighted by atomic mass is 79.9. The van der Waals surface area contributed by atoms with Crippen molar-refractivity contribution in [1.29, 1.82) is 0 Å². The molecule has 2 N–H and O–H groups in total. The van der Waals surface area contributed by atoms with E-state index in [9.17, 15) is 23.2 Å². The summed E-state index contributed by atoms with van der Waals surface area (Å²) in [7, 11) is 0. The van der Waals surface area contributed by atoms with Crippen LogP contribution in [-0.2, 0) is 0 Å². The van der Waals surface area contributed by atoms with Crippen LogP contribution in [0.5, 0.6) is 0 Å². The predicted molar refractivity (Wildman–Crippen MR) is 62.8 cm³/mol. The van der Waals surface area contributed by atoms with Gasteiger partial charge in [0.05, 0.1) is 15.6 Å². The van der Waals surface area contributed by atoms with E-state index in [-0.39, 0.29) is 0 Å². The molecule has 0 aliphatic rings. The molecule has 8 heteroatoms. The Hall–Kier alpha value is -1.83. The second kappa shape index (κ2) is 4.13. The summed E-state index contributed by atoms with van der Waals surface area (Å²) >= 11 is 2.73. The Kier molecular flexibility index (Phi) is 2.89. The molecule has 0 bridgehead atoms. The number of fused-ring (bicyclic) bond motifs is 1. The summed E-state index contributed by atoms with van der Waals surface area (Å²) in [6.45, 7) is 1.04. The molecule has 0 radical (unpaired) electrons. The van der Waals surface area contributed by atoms with Crippen LogP contribution in [-0.4, -0.2) is 15.8 Å². The van der Waals surface area contributed by atoms with E-state index in [4.69, 9.17) is 0 Å². The highest BCUT2D eigenvalue weighted by molar-refractivity contribution is 9.10. The number of Topliss-reactive ketones (excluding diaryl/α,β-unsaturated/α-hetero) is 1. The number of aromatic amines is 2. The number of hydrogen-bond donors (Lipinski definition) is 2. The average molecular weight is 319 g/mol. The number of halogens is 3. The topological polar surface area (TPSA) is 82.8 Å². The molecule has 0 atom stereocenters.